The van der Waals surface area contributed by atoms with Crippen LogP contribution in [0.15, 0.2) is 22.7 Å². The fourth-order valence-corrected chi connectivity index (χ4v) is 2.28. The van der Waals surface area contributed by atoms with E-state index in [0.29, 0.717) is 17.3 Å². The molecule has 0 fully saturated rings. The molecule has 6 heteroatoms. The number of benzene rings is 1. The number of hydrogen-bond acceptors (Lipinski definition) is 3. The molecular weight excluding hydrogens is 346 g/mol. The van der Waals surface area contributed by atoms with E-state index in [0.717, 1.165) is 17.3 Å². The predicted octanol–water partition coefficient (Wildman–Crippen LogP) is 3.01. The second-order valence-corrected chi connectivity index (χ2v) is 5.97. The SMILES string of the molecule is CC(CO)CCCNC(=O)COc1ccc(Br)cc1Cl. The third-order valence-corrected chi connectivity index (χ3v) is 3.55. The highest BCUT2D eigenvalue weighted by molar-refractivity contribution is 9.10. The molecule has 0 aliphatic heterocycles. The Morgan fingerprint density at radius 2 is 2.30 bits per heavy atom. The summed E-state index contributed by atoms with van der Waals surface area (Å²) in [7, 11) is 0. The zero-order valence-electron chi connectivity index (χ0n) is 11.4. The van der Waals surface area contributed by atoms with Crippen molar-refractivity contribution in [2.75, 3.05) is 19.8 Å². The lowest BCUT2D eigenvalue weighted by Crippen LogP contribution is -2.30. The number of rotatable bonds is 8. The highest BCUT2D eigenvalue weighted by atomic mass is 79.9. The summed E-state index contributed by atoms with van der Waals surface area (Å²) in [4.78, 5) is 11.6. The number of aliphatic hydroxyl groups excluding tert-OH is 1. The molecule has 0 aliphatic rings. The summed E-state index contributed by atoms with van der Waals surface area (Å²) in [5.41, 5.74) is 0. The second kappa shape index (κ2) is 9.21. The van der Waals surface area contributed by atoms with Crippen molar-refractivity contribution in [2.45, 2.75) is 19.8 Å². The van der Waals surface area contributed by atoms with Crippen molar-refractivity contribution < 1.29 is 14.6 Å². The standard InChI is InChI=1S/C14H19BrClNO3/c1-10(8-18)3-2-6-17-14(19)9-20-13-5-4-11(15)7-12(13)16/h4-5,7,10,18H,2-3,6,8-9H2,1H3,(H,17,19). The molecule has 0 heterocycles. The first-order valence-corrected chi connectivity index (χ1v) is 7.65. The number of hydrogen-bond donors (Lipinski definition) is 2. The average molecular weight is 365 g/mol. The highest BCUT2D eigenvalue weighted by Gasteiger charge is 2.06. The van der Waals surface area contributed by atoms with Crippen LogP contribution in [0.4, 0.5) is 0 Å². The van der Waals surface area contributed by atoms with Gasteiger partial charge in [0, 0.05) is 17.6 Å². The molecule has 0 saturated carbocycles. The van der Waals surface area contributed by atoms with Gasteiger partial charge in [0.05, 0.1) is 5.02 Å². The lowest BCUT2D eigenvalue weighted by molar-refractivity contribution is -0.123. The first-order valence-electron chi connectivity index (χ1n) is 6.48. The zero-order valence-corrected chi connectivity index (χ0v) is 13.7. The van der Waals surface area contributed by atoms with Crippen molar-refractivity contribution in [3.05, 3.63) is 27.7 Å². The van der Waals surface area contributed by atoms with Gasteiger partial charge in [-0.3, -0.25) is 4.79 Å². The largest absolute Gasteiger partial charge is 0.482 e. The van der Waals surface area contributed by atoms with Gasteiger partial charge in [-0.05, 0) is 37.0 Å². The minimum atomic E-state index is -0.180. The molecule has 0 radical (unpaired) electrons. The number of nitrogens with one attached hydrogen (secondary N) is 1. The van der Waals surface area contributed by atoms with E-state index in [9.17, 15) is 4.79 Å². The van der Waals surface area contributed by atoms with Gasteiger partial charge in [-0.25, -0.2) is 0 Å². The van der Waals surface area contributed by atoms with Crippen molar-refractivity contribution in [3.8, 4) is 5.75 Å². The minimum Gasteiger partial charge on any atom is -0.482 e. The number of ether oxygens (including phenoxy) is 1. The average Bonchev–Trinajstić information content (AvgIpc) is 2.42. The Morgan fingerprint density at radius 3 is 2.95 bits per heavy atom. The lowest BCUT2D eigenvalue weighted by atomic mass is 10.1. The van der Waals surface area contributed by atoms with Gasteiger partial charge in [-0.2, -0.15) is 0 Å². The van der Waals surface area contributed by atoms with Crippen LogP contribution >= 0.6 is 27.5 Å². The molecule has 112 valence electrons. The maximum absolute atomic E-state index is 11.6. The minimum absolute atomic E-state index is 0.0586. The molecular formula is C14H19BrClNO3. The van der Waals surface area contributed by atoms with E-state index in [1.807, 2.05) is 6.92 Å². The molecule has 1 aromatic rings. The number of halogens is 2. The Hall–Kier alpha value is -0.780. The maximum atomic E-state index is 11.6. The molecule has 1 aromatic carbocycles. The molecule has 20 heavy (non-hydrogen) atoms. The van der Waals surface area contributed by atoms with Crippen LogP contribution in [0, 0.1) is 5.92 Å². The summed E-state index contributed by atoms with van der Waals surface area (Å²) < 4.78 is 6.21. The van der Waals surface area contributed by atoms with Crippen LogP contribution in [0.5, 0.6) is 5.75 Å². The summed E-state index contributed by atoms with van der Waals surface area (Å²) in [6, 6.07) is 5.23. The molecule has 4 nitrogen and oxygen atoms in total. The van der Waals surface area contributed by atoms with E-state index in [1.165, 1.54) is 0 Å². The van der Waals surface area contributed by atoms with Crippen molar-refractivity contribution >= 4 is 33.4 Å². The molecule has 1 unspecified atom stereocenters. The lowest BCUT2D eigenvalue weighted by Gasteiger charge is -2.10. The van der Waals surface area contributed by atoms with Gasteiger partial charge < -0.3 is 15.2 Å². The van der Waals surface area contributed by atoms with Gasteiger partial charge in [0.1, 0.15) is 5.75 Å². The van der Waals surface area contributed by atoms with E-state index in [4.69, 9.17) is 21.4 Å². The molecule has 2 N–H and O–H groups in total. The highest BCUT2D eigenvalue weighted by Crippen LogP contribution is 2.27. The van der Waals surface area contributed by atoms with Gasteiger partial charge in [-0.1, -0.05) is 34.5 Å². The molecule has 0 saturated heterocycles. The Bertz CT molecular complexity index is 442. The van der Waals surface area contributed by atoms with E-state index in [1.54, 1.807) is 18.2 Å². The third kappa shape index (κ3) is 6.59. The van der Waals surface area contributed by atoms with Gasteiger partial charge in [0.25, 0.3) is 5.91 Å². The second-order valence-electron chi connectivity index (χ2n) is 4.64. The first-order chi connectivity index (χ1) is 9.52. The maximum Gasteiger partial charge on any atom is 0.257 e. The summed E-state index contributed by atoms with van der Waals surface area (Å²) in [6.07, 6.45) is 1.72. The van der Waals surface area contributed by atoms with Crippen LogP contribution < -0.4 is 10.1 Å². The number of aliphatic hydroxyl groups is 1. The Morgan fingerprint density at radius 1 is 1.55 bits per heavy atom. The quantitative estimate of drug-likeness (QED) is 0.697. The van der Waals surface area contributed by atoms with Crippen molar-refractivity contribution in [3.63, 3.8) is 0 Å². The fraction of sp³-hybridized carbons (Fsp3) is 0.500. The number of carbonyl (C=O) groups excluding carboxylic acids is 1. The molecule has 0 spiro atoms. The molecule has 1 rings (SSSR count). The number of amides is 1. The predicted molar refractivity (Wildman–Crippen MR) is 83.1 cm³/mol. The summed E-state index contributed by atoms with van der Waals surface area (Å²) in [6.45, 7) is 2.68. The zero-order chi connectivity index (χ0) is 15.0. The van der Waals surface area contributed by atoms with Gasteiger partial charge in [-0.15, -0.1) is 0 Å². The van der Waals surface area contributed by atoms with Crippen LogP contribution in [-0.4, -0.2) is 30.8 Å². The molecule has 1 atom stereocenters. The summed E-state index contributed by atoms with van der Waals surface area (Å²) in [5.74, 6) is 0.573. The van der Waals surface area contributed by atoms with Crippen LogP contribution in [0.2, 0.25) is 5.02 Å². The fourth-order valence-electron chi connectivity index (χ4n) is 1.56. The smallest absolute Gasteiger partial charge is 0.257 e. The van der Waals surface area contributed by atoms with Crippen molar-refractivity contribution in [1.82, 2.24) is 5.32 Å². The van der Waals surface area contributed by atoms with E-state index in [2.05, 4.69) is 21.2 Å². The van der Waals surface area contributed by atoms with Crippen molar-refractivity contribution in [1.29, 1.82) is 0 Å². The Balaban J connectivity index is 2.23. The van der Waals surface area contributed by atoms with Crippen LogP contribution in [-0.2, 0) is 4.79 Å². The molecule has 0 aromatic heterocycles. The first kappa shape index (κ1) is 17.3. The van der Waals surface area contributed by atoms with E-state index >= 15 is 0 Å². The van der Waals surface area contributed by atoms with Gasteiger partial charge >= 0.3 is 0 Å². The summed E-state index contributed by atoms with van der Waals surface area (Å²) in [5, 5.41) is 12.1. The summed E-state index contributed by atoms with van der Waals surface area (Å²) >= 11 is 9.28. The molecule has 0 bridgehead atoms. The van der Waals surface area contributed by atoms with Gasteiger partial charge in [0.15, 0.2) is 6.61 Å². The third-order valence-electron chi connectivity index (χ3n) is 2.76. The van der Waals surface area contributed by atoms with Crippen LogP contribution in [0.1, 0.15) is 19.8 Å². The van der Waals surface area contributed by atoms with Crippen molar-refractivity contribution in [2.24, 2.45) is 5.92 Å². The van der Waals surface area contributed by atoms with Crippen LogP contribution in [0.3, 0.4) is 0 Å². The molecule has 1 amide bonds. The normalized spacial score (nSPS) is 12.0. The Labute approximate surface area is 132 Å². The van der Waals surface area contributed by atoms with E-state index in [-0.39, 0.29) is 25.0 Å². The van der Waals surface area contributed by atoms with Crippen LogP contribution in [0.25, 0.3) is 0 Å². The van der Waals surface area contributed by atoms with E-state index < -0.39 is 0 Å². The topological polar surface area (TPSA) is 58.6 Å². The molecule has 0 aliphatic carbocycles. The monoisotopic (exact) mass is 363 g/mol. The Kier molecular flexibility index (Phi) is 7.95. The van der Waals surface area contributed by atoms with Gasteiger partial charge in [0.2, 0.25) is 0 Å². The number of carbonyl (C=O) groups is 1.